The molecule has 0 aliphatic carbocycles. The van der Waals surface area contributed by atoms with E-state index in [1.165, 1.54) is 6.92 Å². The molecule has 0 aromatic heterocycles. The average molecular weight is 210 g/mol. The standard InChI is InChI=1S/C10H10O3S/c1-7(11)9(10(12)13)14-8-5-3-2-4-6-8/h2-6,11H,1H3,(H,12,13)/b9-7+. The smallest absolute Gasteiger partial charge is 0.345 e. The van der Waals surface area contributed by atoms with Crippen molar-refractivity contribution in [2.75, 3.05) is 0 Å². The molecule has 0 unspecified atom stereocenters. The molecule has 0 radical (unpaired) electrons. The van der Waals surface area contributed by atoms with Crippen molar-refractivity contribution in [1.29, 1.82) is 0 Å². The lowest BCUT2D eigenvalue weighted by molar-refractivity contribution is -0.132. The van der Waals surface area contributed by atoms with Crippen molar-refractivity contribution in [3.05, 3.63) is 41.0 Å². The Kier molecular flexibility index (Phi) is 3.59. The predicted octanol–water partition coefficient (Wildman–Crippen LogP) is 2.65. The molecular weight excluding hydrogens is 200 g/mol. The van der Waals surface area contributed by atoms with Gasteiger partial charge >= 0.3 is 5.97 Å². The lowest BCUT2D eigenvalue weighted by Crippen LogP contribution is -1.99. The molecule has 1 aromatic carbocycles. The Morgan fingerprint density at radius 2 is 1.79 bits per heavy atom. The van der Waals surface area contributed by atoms with Crippen LogP contribution in [0.5, 0.6) is 0 Å². The first-order chi connectivity index (χ1) is 6.61. The molecule has 0 saturated heterocycles. The van der Waals surface area contributed by atoms with Gasteiger partial charge in [-0.1, -0.05) is 30.0 Å². The number of hydrogen-bond acceptors (Lipinski definition) is 3. The maximum atomic E-state index is 10.7. The molecule has 0 aliphatic heterocycles. The molecule has 1 aromatic rings. The zero-order valence-electron chi connectivity index (χ0n) is 7.60. The molecule has 2 N–H and O–H groups in total. The van der Waals surface area contributed by atoms with E-state index in [1.54, 1.807) is 12.1 Å². The van der Waals surface area contributed by atoms with Gasteiger partial charge in [-0.2, -0.15) is 0 Å². The monoisotopic (exact) mass is 210 g/mol. The Labute approximate surface area is 86.1 Å². The topological polar surface area (TPSA) is 57.5 Å². The summed E-state index contributed by atoms with van der Waals surface area (Å²) in [5.41, 5.74) is 0. The first-order valence-corrected chi connectivity index (χ1v) is 4.79. The van der Waals surface area contributed by atoms with Crippen LogP contribution in [-0.4, -0.2) is 16.2 Å². The largest absolute Gasteiger partial charge is 0.511 e. The first-order valence-electron chi connectivity index (χ1n) is 3.97. The fourth-order valence-electron chi connectivity index (χ4n) is 0.879. The number of benzene rings is 1. The third kappa shape index (κ3) is 2.81. The van der Waals surface area contributed by atoms with E-state index in [2.05, 4.69) is 0 Å². The molecule has 1 rings (SSSR count). The van der Waals surface area contributed by atoms with Crippen LogP contribution in [0.3, 0.4) is 0 Å². The van der Waals surface area contributed by atoms with E-state index in [-0.39, 0.29) is 10.7 Å². The van der Waals surface area contributed by atoms with Gasteiger partial charge in [0.25, 0.3) is 0 Å². The molecule has 0 atom stereocenters. The highest BCUT2D eigenvalue weighted by atomic mass is 32.2. The van der Waals surface area contributed by atoms with Gasteiger partial charge in [0, 0.05) is 4.90 Å². The number of aliphatic hydroxyl groups is 1. The summed E-state index contributed by atoms with van der Waals surface area (Å²) in [6, 6.07) is 9.05. The highest BCUT2D eigenvalue weighted by molar-refractivity contribution is 8.04. The van der Waals surface area contributed by atoms with E-state index in [9.17, 15) is 4.79 Å². The van der Waals surface area contributed by atoms with Crippen LogP contribution in [0.1, 0.15) is 6.92 Å². The second-order valence-electron chi connectivity index (χ2n) is 2.63. The number of thioether (sulfide) groups is 1. The quantitative estimate of drug-likeness (QED) is 0.457. The molecule has 0 amide bonds. The van der Waals surface area contributed by atoms with Crippen molar-refractivity contribution in [1.82, 2.24) is 0 Å². The number of aliphatic carboxylic acids is 1. The van der Waals surface area contributed by atoms with Crippen molar-refractivity contribution in [3.63, 3.8) is 0 Å². The highest BCUT2D eigenvalue weighted by Crippen LogP contribution is 2.27. The van der Waals surface area contributed by atoms with Crippen molar-refractivity contribution < 1.29 is 15.0 Å². The number of carbonyl (C=O) groups is 1. The number of carboxylic acid groups (broad SMARTS) is 1. The molecule has 4 heteroatoms. The van der Waals surface area contributed by atoms with E-state index in [0.29, 0.717) is 0 Å². The summed E-state index contributed by atoms with van der Waals surface area (Å²) in [7, 11) is 0. The number of hydrogen-bond donors (Lipinski definition) is 2. The Balaban J connectivity index is 2.87. The minimum atomic E-state index is -1.11. The summed E-state index contributed by atoms with van der Waals surface area (Å²) in [5.74, 6) is -1.29. The molecule has 14 heavy (non-hydrogen) atoms. The lowest BCUT2D eigenvalue weighted by atomic mass is 10.4. The van der Waals surface area contributed by atoms with Crippen molar-refractivity contribution >= 4 is 17.7 Å². The fraction of sp³-hybridized carbons (Fsp3) is 0.100. The molecule has 0 heterocycles. The van der Waals surface area contributed by atoms with Gasteiger partial charge in [-0.25, -0.2) is 4.79 Å². The maximum Gasteiger partial charge on any atom is 0.345 e. The van der Waals surface area contributed by atoms with Crippen LogP contribution in [-0.2, 0) is 4.79 Å². The summed E-state index contributed by atoms with van der Waals surface area (Å²) in [6.07, 6.45) is 0. The highest BCUT2D eigenvalue weighted by Gasteiger charge is 2.12. The molecule has 0 bridgehead atoms. The van der Waals surface area contributed by atoms with Crippen molar-refractivity contribution in [3.8, 4) is 0 Å². The minimum absolute atomic E-state index is 0.0452. The SMILES string of the molecule is C/C(O)=C(\Sc1ccccc1)C(=O)O. The average Bonchev–Trinajstić information content (AvgIpc) is 2.15. The molecule has 3 nitrogen and oxygen atoms in total. The van der Waals surface area contributed by atoms with Gasteiger partial charge in [-0.05, 0) is 19.1 Å². The summed E-state index contributed by atoms with van der Waals surface area (Å²) in [5, 5.41) is 17.9. The fourth-order valence-corrected chi connectivity index (χ4v) is 1.64. The zero-order valence-corrected chi connectivity index (χ0v) is 8.41. The Hall–Kier alpha value is -1.42. The van der Waals surface area contributed by atoms with Gasteiger partial charge in [0.15, 0.2) is 0 Å². The van der Waals surface area contributed by atoms with Gasteiger partial charge in [0.2, 0.25) is 0 Å². The minimum Gasteiger partial charge on any atom is -0.511 e. The summed E-state index contributed by atoms with van der Waals surface area (Å²) in [4.78, 5) is 11.5. The van der Waals surface area contributed by atoms with E-state index >= 15 is 0 Å². The van der Waals surface area contributed by atoms with Crippen LogP contribution < -0.4 is 0 Å². The Morgan fingerprint density at radius 3 is 2.21 bits per heavy atom. The summed E-state index contributed by atoms with van der Waals surface area (Å²) >= 11 is 1.03. The van der Waals surface area contributed by atoms with Gasteiger partial charge in [0.05, 0.1) is 0 Å². The van der Waals surface area contributed by atoms with Gasteiger partial charge < -0.3 is 10.2 Å². The van der Waals surface area contributed by atoms with E-state index in [4.69, 9.17) is 10.2 Å². The van der Waals surface area contributed by atoms with Crippen LogP contribution in [0.4, 0.5) is 0 Å². The van der Waals surface area contributed by atoms with Gasteiger partial charge in [-0.3, -0.25) is 0 Å². The molecule has 0 spiro atoms. The number of carboxylic acids is 1. The number of aliphatic hydroxyl groups excluding tert-OH is 1. The van der Waals surface area contributed by atoms with Crippen LogP contribution >= 0.6 is 11.8 Å². The Bertz CT molecular complexity index is 353. The van der Waals surface area contributed by atoms with E-state index < -0.39 is 5.97 Å². The maximum absolute atomic E-state index is 10.7. The van der Waals surface area contributed by atoms with Crippen molar-refractivity contribution in [2.45, 2.75) is 11.8 Å². The zero-order chi connectivity index (χ0) is 10.6. The normalized spacial score (nSPS) is 12.1. The lowest BCUT2D eigenvalue weighted by Gasteiger charge is -2.02. The van der Waals surface area contributed by atoms with Crippen LogP contribution in [0.2, 0.25) is 0 Å². The second kappa shape index (κ2) is 4.72. The van der Waals surface area contributed by atoms with Crippen molar-refractivity contribution in [2.24, 2.45) is 0 Å². The molecule has 0 fully saturated rings. The number of allylic oxidation sites excluding steroid dienone is 1. The summed E-state index contributed by atoms with van der Waals surface area (Å²) < 4.78 is 0. The van der Waals surface area contributed by atoms with Crippen LogP contribution in [0, 0.1) is 0 Å². The molecule has 74 valence electrons. The summed E-state index contributed by atoms with van der Waals surface area (Å²) in [6.45, 7) is 1.36. The van der Waals surface area contributed by atoms with E-state index in [0.717, 1.165) is 16.7 Å². The van der Waals surface area contributed by atoms with Crippen LogP contribution in [0.25, 0.3) is 0 Å². The van der Waals surface area contributed by atoms with Gasteiger partial charge in [-0.15, -0.1) is 0 Å². The van der Waals surface area contributed by atoms with Crippen LogP contribution in [0.15, 0.2) is 45.9 Å². The first kappa shape index (κ1) is 10.7. The molecule has 0 saturated carbocycles. The molecule has 0 aliphatic rings. The van der Waals surface area contributed by atoms with Gasteiger partial charge in [0.1, 0.15) is 10.7 Å². The van der Waals surface area contributed by atoms with E-state index in [1.807, 2.05) is 18.2 Å². The molecular formula is C10H10O3S. The second-order valence-corrected chi connectivity index (χ2v) is 3.72. The Morgan fingerprint density at radius 1 is 1.21 bits per heavy atom. The number of rotatable bonds is 3. The predicted molar refractivity (Wildman–Crippen MR) is 55.3 cm³/mol. The third-order valence-electron chi connectivity index (χ3n) is 1.49. The third-order valence-corrected chi connectivity index (χ3v) is 2.67.